The van der Waals surface area contributed by atoms with E-state index >= 15 is 0 Å². The van der Waals surface area contributed by atoms with Crippen LogP contribution in [0, 0.1) is 0 Å². The third kappa shape index (κ3) is 3.82. The van der Waals surface area contributed by atoms with E-state index in [1.54, 1.807) is 0 Å². The fourth-order valence-corrected chi connectivity index (χ4v) is 5.11. The summed E-state index contributed by atoms with van der Waals surface area (Å²) in [5.41, 5.74) is 4.63. The van der Waals surface area contributed by atoms with Gasteiger partial charge in [0, 0.05) is 24.5 Å². The predicted molar refractivity (Wildman–Crippen MR) is 136 cm³/mol. The standard InChI is InChI=1S/C29H26N2O2/c32-29(30-22-9-11-23(12-10-22)31-17-2-1-3-18-31)33-24-13-16-26-21(19-24)8-15-27-25-6-4-5-20(25)7-14-28(26)27/h4-5,7-16,19H,1-3,6,17-18H2,(H,30,32). The Morgan fingerprint density at radius 2 is 1.61 bits per heavy atom. The van der Waals surface area contributed by atoms with E-state index in [0.29, 0.717) is 5.75 Å². The monoisotopic (exact) mass is 434 g/mol. The number of hydrogen-bond donors (Lipinski definition) is 1. The lowest BCUT2D eigenvalue weighted by molar-refractivity contribution is 0.215. The molecule has 164 valence electrons. The molecule has 4 aromatic carbocycles. The summed E-state index contributed by atoms with van der Waals surface area (Å²) in [5.74, 6) is 0.534. The normalized spacial score (nSPS) is 15.1. The second-order valence-electron chi connectivity index (χ2n) is 8.89. The number of carbonyl (C=O) groups is 1. The third-order valence-corrected chi connectivity index (χ3v) is 6.80. The summed E-state index contributed by atoms with van der Waals surface area (Å²) in [6.45, 7) is 2.21. The van der Waals surface area contributed by atoms with Crippen molar-refractivity contribution < 1.29 is 9.53 Å². The van der Waals surface area contributed by atoms with Crippen LogP contribution in [0.5, 0.6) is 5.75 Å². The quantitative estimate of drug-likeness (QED) is 0.348. The maximum atomic E-state index is 12.5. The number of benzene rings is 4. The largest absolute Gasteiger partial charge is 0.417 e. The van der Waals surface area contributed by atoms with Crippen molar-refractivity contribution in [2.75, 3.05) is 23.3 Å². The summed E-state index contributed by atoms with van der Waals surface area (Å²) < 4.78 is 5.59. The maximum Gasteiger partial charge on any atom is 0.417 e. The minimum absolute atomic E-state index is 0.482. The lowest BCUT2D eigenvalue weighted by Gasteiger charge is -2.28. The van der Waals surface area contributed by atoms with Gasteiger partial charge in [0.05, 0.1) is 0 Å². The Morgan fingerprint density at radius 1 is 0.818 bits per heavy atom. The number of rotatable bonds is 3. The molecular weight excluding hydrogens is 408 g/mol. The zero-order valence-electron chi connectivity index (χ0n) is 18.5. The Hall–Kier alpha value is -3.79. The van der Waals surface area contributed by atoms with Crippen LogP contribution in [0.1, 0.15) is 30.4 Å². The zero-order valence-corrected chi connectivity index (χ0v) is 18.5. The molecule has 1 saturated heterocycles. The summed E-state index contributed by atoms with van der Waals surface area (Å²) in [4.78, 5) is 14.9. The first-order valence-corrected chi connectivity index (χ1v) is 11.7. The molecule has 0 aromatic heterocycles. The highest BCUT2D eigenvalue weighted by Gasteiger charge is 2.13. The second kappa shape index (κ2) is 8.28. The van der Waals surface area contributed by atoms with Gasteiger partial charge in [-0.15, -0.1) is 0 Å². The molecule has 0 bridgehead atoms. The number of fused-ring (bicyclic) bond motifs is 5. The van der Waals surface area contributed by atoms with E-state index in [0.717, 1.165) is 30.6 Å². The van der Waals surface area contributed by atoms with Gasteiger partial charge in [-0.3, -0.25) is 5.32 Å². The second-order valence-corrected chi connectivity index (χ2v) is 8.89. The van der Waals surface area contributed by atoms with E-state index < -0.39 is 6.09 Å². The molecule has 0 radical (unpaired) electrons. The minimum Gasteiger partial charge on any atom is -0.410 e. The van der Waals surface area contributed by atoms with Crippen molar-refractivity contribution in [3.63, 3.8) is 0 Å². The number of nitrogens with zero attached hydrogens (tertiary/aromatic N) is 1. The van der Waals surface area contributed by atoms with Gasteiger partial charge in [-0.05, 0) is 94.8 Å². The lowest BCUT2D eigenvalue weighted by atomic mass is 9.96. The average Bonchev–Trinajstić information content (AvgIpc) is 3.34. The first kappa shape index (κ1) is 19.9. The summed E-state index contributed by atoms with van der Waals surface area (Å²) >= 11 is 0. The van der Waals surface area contributed by atoms with Gasteiger partial charge < -0.3 is 9.64 Å². The van der Waals surface area contributed by atoms with Crippen molar-refractivity contribution in [2.24, 2.45) is 0 Å². The van der Waals surface area contributed by atoms with E-state index in [4.69, 9.17) is 4.74 Å². The van der Waals surface area contributed by atoms with Gasteiger partial charge in [-0.1, -0.05) is 42.5 Å². The molecule has 4 nitrogen and oxygen atoms in total. The number of nitrogens with one attached hydrogen (secondary N) is 1. The molecule has 1 amide bonds. The maximum absolute atomic E-state index is 12.5. The minimum atomic E-state index is -0.482. The van der Waals surface area contributed by atoms with Crippen LogP contribution in [-0.2, 0) is 6.42 Å². The van der Waals surface area contributed by atoms with Crippen LogP contribution < -0.4 is 15.0 Å². The van der Waals surface area contributed by atoms with E-state index in [2.05, 4.69) is 58.8 Å². The summed E-state index contributed by atoms with van der Waals surface area (Å²) in [5, 5.41) is 7.60. The van der Waals surface area contributed by atoms with Crippen LogP contribution in [-0.4, -0.2) is 19.2 Å². The van der Waals surface area contributed by atoms with E-state index in [1.165, 1.54) is 52.2 Å². The van der Waals surface area contributed by atoms with Crippen LogP contribution in [0.25, 0.3) is 27.6 Å². The highest BCUT2D eigenvalue weighted by molar-refractivity contribution is 6.10. The van der Waals surface area contributed by atoms with Crippen LogP contribution >= 0.6 is 0 Å². The average molecular weight is 435 g/mol. The van der Waals surface area contributed by atoms with Crippen LogP contribution in [0.4, 0.5) is 16.2 Å². The van der Waals surface area contributed by atoms with Crippen molar-refractivity contribution in [1.82, 2.24) is 0 Å². The topological polar surface area (TPSA) is 41.6 Å². The van der Waals surface area contributed by atoms with Gasteiger partial charge in [-0.25, -0.2) is 4.79 Å². The van der Waals surface area contributed by atoms with E-state index in [-0.39, 0.29) is 0 Å². The lowest BCUT2D eigenvalue weighted by Crippen LogP contribution is -2.29. The molecule has 4 heteroatoms. The number of carbonyl (C=O) groups excluding carboxylic acids is 1. The number of amides is 1. The first-order valence-electron chi connectivity index (χ1n) is 11.7. The Bertz CT molecular complexity index is 1380. The van der Waals surface area contributed by atoms with Gasteiger partial charge in [0.2, 0.25) is 0 Å². The molecule has 2 aliphatic rings. The molecule has 0 unspecified atom stereocenters. The van der Waals surface area contributed by atoms with Gasteiger partial charge in [0.15, 0.2) is 0 Å². The first-order chi connectivity index (χ1) is 16.2. The number of piperidine rings is 1. The molecule has 1 aliphatic carbocycles. The Kier molecular flexibility index (Phi) is 4.99. The summed E-state index contributed by atoms with van der Waals surface area (Å²) in [6.07, 6.45) is 8.71. The van der Waals surface area contributed by atoms with Crippen molar-refractivity contribution in [3.05, 3.63) is 83.9 Å². The molecule has 0 atom stereocenters. The number of ether oxygens (including phenoxy) is 1. The number of anilines is 2. The van der Waals surface area contributed by atoms with E-state index in [9.17, 15) is 4.79 Å². The van der Waals surface area contributed by atoms with Gasteiger partial charge in [0.25, 0.3) is 0 Å². The molecule has 4 aromatic rings. The Balaban J connectivity index is 1.17. The summed E-state index contributed by atoms with van der Waals surface area (Å²) in [7, 11) is 0. The van der Waals surface area contributed by atoms with Crippen molar-refractivity contribution in [1.29, 1.82) is 0 Å². The highest BCUT2D eigenvalue weighted by Crippen LogP contribution is 2.34. The smallest absolute Gasteiger partial charge is 0.410 e. The Morgan fingerprint density at radius 3 is 2.45 bits per heavy atom. The van der Waals surface area contributed by atoms with Crippen LogP contribution in [0.3, 0.4) is 0 Å². The summed E-state index contributed by atoms with van der Waals surface area (Å²) in [6, 6.07) is 22.5. The van der Waals surface area contributed by atoms with Crippen molar-refractivity contribution in [2.45, 2.75) is 25.7 Å². The van der Waals surface area contributed by atoms with E-state index in [1.807, 2.05) is 30.3 Å². The number of allylic oxidation sites excluding steroid dienone is 1. The van der Waals surface area contributed by atoms with Gasteiger partial charge >= 0.3 is 6.09 Å². The predicted octanol–water partition coefficient (Wildman–Crippen LogP) is 7.16. The SMILES string of the molecule is O=C(Nc1ccc(N2CCCCC2)cc1)Oc1ccc2c(ccc3c4c(ccc32)C=CC4)c1. The number of hydrogen-bond acceptors (Lipinski definition) is 3. The molecule has 6 rings (SSSR count). The molecule has 0 saturated carbocycles. The highest BCUT2D eigenvalue weighted by atomic mass is 16.6. The van der Waals surface area contributed by atoms with Crippen molar-refractivity contribution >= 4 is 45.1 Å². The van der Waals surface area contributed by atoms with Gasteiger partial charge in [-0.2, -0.15) is 0 Å². The fraction of sp³-hybridized carbons (Fsp3) is 0.207. The molecule has 1 heterocycles. The van der Waals surface area contributed by atoms with Crippen molar-refractivity contribution in [3.8, 4) is 5.75 Å². The molecule has 0 spiro atoms. The molecular formula is C29H26N2O2. The Labute approximate surface area is 193 Å². The molecule has 1 fully saturated rings. The molecule has 1 N–H and O–H groups in total. The zero-order chi connectivity index (χ0) is 22.2. The molecule has 33 heavy (non-hydrogen) atoms. The molecule has 1 aliphatic heterocycles. The van der Waals surface area contributed by atoms with Crippen LogP contribution in [0.2, 0.25) is 0 Å². The van der Waals surface area contributed by atoms with Gasteiger partial charge in [0.1, 0.15) is 5.75 Å². The third-order valence-electron chi connectivity index (χ3n) is 6.80. The fourth-order valence-electron chi connectivity index (χ4n) is 5.11. The van der Waals surface area contributed by atoms with Crippen LogP contribution in [0.15, 0.2) is 72.8 Å².